The van der Waals surface area contributed by atoms with Crippen molar-refractivity contribution in [2.45, 2.75) is 42.2 Å². The van der Waals surface area contributed by atoms with Crippen molar-refractivity contribution in [3.8, 4) is 11.5 Å². The highest BCUT2D eigenvalue weighted by atomic mass is 35.5. The smallest absolute Gasteiger partial charge is 0.350 e. The van der Waals surface area contributed by atoms with E-state index in [4.69, 9.17) is 22.2 Å². The molecule has 5 rings (SSSR count). The summed E-state index contributed by atoms with van der Waals surface area (Å²) in [6.45, 7) is 1.42. The van der Waals surface area contributed by atoms with Crippen molar-refractivity contribution in [3.63, 3.8) is 0 Å². The fourth-order valence-electron chi connectivity index (χ4n) is 5.11. The van der Waals surface area contributed by atoms with Gasteiger partial charge in [0.05, 0.1) is 23.7 Å². The van der Waals surface area contributed by atoms with Crippen molar-refractivity contribution in [2.75, 3.05) is 31.9 Å². The molecule has 24 heteroatoms. The number of nitrogens with one attached hydrogen (secondary N) is 3. The molecule has 0 bridgehead atoms. The number of β-lactam (4-membered cyclic amide) rings is 1. The topological polar surface area (TPSA) is 307 Å². The van der Waals surface area contributed by atoms with Gasteiger partial charge in [0.1, 0.15) is 17.1 Å². The molecule has 0 saturated carbocycles. The summed E-state index contributed by atoms with van der Waals surface area (Å²) < 4.78 is 0. The van der Waals surface area contributed by atoms with Crippen molar-refractivity contribution >= 4 is 87.1 Å². The first kappa shape index (κ1) is 37.7. The normalized spacial score (nSPS) is 21.4. The van der Waals surface area contributed by atoms with E-state index in [2.05, 4.69) is 26.2 Å². The van der Waals surface area contributed by atoms with E-state index in [0.717, 1.165) is 39.1 Å². The fourth-order valence-corrected chi connectivity index (χ4v) is 7.54. The number of nitrogens with two attached hydrogens (primary N) is 1. The molecule has 3 aliphatic rings. The Hall–Kier alpha value is -5.55. The lowest BCUT2D eigenvalue weighted by atomic mass is 10.1. The number of carbonyl (C=O) groups is 7. The first-order chi connectivity index (χ1) is 24.4. The Morgan fingerprint density at radius 2 is 1.88 bits per heavy atom. The van der Waals surface area contributed by atoms with E-state index < -0.39 is 92.3 Å². The fraction of sp³-hybridized carbons (Fsp3) is 0.393. The molecule has 6 amide bonds. The van der Waals surface area contributed by atoms with E-state index in [1.165, 1.54) is 30.2 Å². The van der Waals surface area contributed by atoms with Gasteiger partial charge in [-0.3, -0.25) is 29.5 Å². The molecule has 2 aromatic rings. The third-order valence-corrected chi connectivity index (χ3v) is 10.7. The van der Waals surface area contributed by atoms with Crippen molar-refractivity contribution in [3.05, 3.63) is 33.8 Å². The van der Waals surface area contributed by atoms with Crippen molar-refractivity contribution < 1.29 is 58.8 Å². The molecule has 1 aromatic heterocycles. The number of hydrogen-bond donors (Lipinski definition) is 8. The van der Waals surface area contributed by atoms with Gasteiger partial charge >= 0.3 is 18.0 Å². The molecular formula is C28H30ClN9O12S2. The van der Waals surface area contributed by atoms with E-state index in [1.807, 2.05) is 0 Å². The number of hydrogen-bond acceptors (Lipinski definition) is 15. The number of thioether (sulfide) groups is 1. The molecule has 52 heavy (non-hydrogen) atoms. The lowest BCUT2D eigenvalue weighted by Gasteiger charge is -2.41. The number of hydrazine groups is 1. The number of phenolic OH excluding ortho intramolecular Hbond substituents is 2. The monoisotopic (exact) mass is 783 g/mol. The van der Waals surface area contributed by atoms with E-state index in [0.29, 0.717) is 0 Å². The number of amides is 6. The van der Waals surface area contributed by atoms with Gasteiger partial charge in [-0.05, 0) is 26.0 Å². The van der Waals surface area contributed by atoms with Crippen molar-refractivity contribution in [2.24, 2.45) is 5.16 Å². The van der Waals surface area contributed by atoms with Gasteiger partial charge in [-0.1, -0.05) is 28.5 Å². The molecule has 0 unspecified atom stereocenters. The second-order valence-electron chi connectivity index (χ2n) is 11.9. The van der Waals surface area contributed by atoms with E-state index in [1.54, 1.807) is 0 Å². The molecule has 3 atom stereocenters. The van der Waals surface area contributed by atoms with Gasteiger partial charge in [0.25, 0.3) is 11.8 Å². The van der Waals surface area contributed by atoms with Gasteiger partial charge in [0.15, 0.2) is 22.3 Å². The number of phenols is 2. The van der Waals surface area contributed by atoms with Crippen LogP contribution >= 0.6 is 34.7 Å². The zero-order valence-electron chi connectivity index (χ0n) is 27.0. The Kier molecular flexibility index (Phi) is 10.3. The maximum absolute atomic E-state index is 13.4. The van der Waals surface area contributed by atoms with Gasteiger partial charge < -0.3 is 46.5 Å². The number of fused-ring (bicyclic) bond motifs is 1. The number of thiazole rings is 1. The highest BCUT2D eigenvalue weighted by molar-refractivity contribution is 8.02. The Morgan fingerprint density at radius 3 is 2.52 bits per heavy atom. The molecule has 3 fully saturated rings. The van der Waals surface area contributed by atoms with Crippen molar-refractivity contribution in [1.29, 1.82) is 0 Å². The number of aromatic nitrogens is 1. The molecular weight excluding hydrogens is 754 g/mol. The van der Waals surface area contributed by atoms with Crippen LogP contribution in [0.15, 0.2) is 22.7 Å². The number of benzene rings is 1. The van der Waals surface area contributed by atoms with Crippen LogP contribution in [0.5, 0.6) is 11.5 Å². The molecule has 4 heterocycles. The highest BCUT2D eigenvalue weighted by Gasteiger charge is 2.66. The largest absolute Gasteiger partial charge is 0.504 e. The van der Waals surface area contributed by atoms with E-state index in [9.17, 15) is 54.0 Å². The zero-order valence-corrected chi connectivity index (χ0v) is 29.4. The van der Waals surface area contributed by atoms with Crippen LogP contribution in [0.4, 0.5) is 9.93 Å². The molecule has 0 radical (unpaired) electrons. The Labute approximate surface area is 305 Å². The number of carboxylic acid groups (broad SMARTS) is 2. The lowest BCUT2D eigenvalue weighted by Crippen LogP contribution is -2.68. The molecule has 9 N–H and O–H groups in total. The predicted octanol–water partition coefficient (Wildman–Crippen LogP) is -0.856. The molecule has 1 aromatic carbocycles. The Balaban J connectivity index is 1.21. The minimum atomic E-state index is -2.01. The van der Waals surface area contributed by atoms with Crippen LogP contribution in [-0.2, 0) is 28.8 Å². The Morgan fingerprint density at radius 1 is 1.17 bits per heavy atom. The number of oxime groups is 1. The minimum Gasteiger partial charge on any atom is -0.504 e. The maximum atomic E-state index is 13.4. The van der Waals surface area contributed by atoms with Gasteiger partial charge in [-0.25, -0.2) is 24.4 Å². The molecule has 278 valence electrons. The number of halogens is 1. The quantitative estimate of drug-likeness (QED) is 0.0531. The first-order valence-corrected chi connectivity index (χ1v) is 17.1. The lowest BCUT2D eigenvalue weighted by molar-refractivity contribution is -0.161. The van der Waals surface area contributed by atoms with E-state index in [-0.39, 0.29) is 42.4 Å². The third kappa shape index (κ3) is 7.01. The number of anilines is 1. The first-order valence-electron chi connectivity index (χ1n) is 15.0. The van der Waals surface area contributed by atoms with Gasteiger partial charge in [-0.15, -0.1) is 11.3 Å². The second kappa shape index (κ2) is 14.2. The summed E-state index contributed by atoms with van der Waals surface area (Å²) in [6.07, 6.45) is -0.320. The van der Waals surface area contributed by atoms with Crippen LogP contribution in [0, 0.1) is 0 Å². The summed E-state index contributed by atoms with van der Waals surface area (Å²) in [6, 6.07) is 0.0601. The highest BCUT2D eigenvalue weighted by Crippen LogP contribution is 2.49. The summed E-state index contributed by atoms with van der Waals surface area (Å²) >= 11 is 7.56. The summed E-state index contributed by atoms with van der Waals surface area (Å²) in [7, 11) is 0. The third-order valence-electron chi connectivity index (χ3n) is 8.00. The zero-order chi connectivity index (χ0) is 38.3. The summed E-state index contributed by atoms with van der Waals surface area (Å²) in [5.41, 5.74) is 5.47. The summed E-state index contributed by atoms with van der Waals surface area (Å²) in [5, 5.41) is 48.4. The summed E-state index contributed by atoms with van der Waals surface area (Å²) in [5.74, 6) is -7.19. The molecule has 3 saturated heterocycles. The van der Waals surface area contributed by atoms with Crippen LogP contribution in [0.1, 0.15) is 36.3 Å². The van der Waals surface area contributed by atoms with Crippen LogP contribution in [0.3, 0.4) is 0 Å². The predicted molar refractivity (Wildman–Crippen MR) is 180 cm³/mol. The van der Waals surface area contributed by atoms with Crippen LogP contribution in [0.2, 0.25) is 5.02 Å². The molecule has 3 aliphatic heterocycles. The number of aromatic hydroxyl groups is 2. The van der Waals surface area contributed by atoms with Crippen LogP contribution < -0.4 is 21.8 Å². The van der Waals surface area contributed by atoms with Gasteiger partial charge in [0, 0.05) is 24.9 Å². The number of aliphatic carboxylic acids is 2. The number of nitrogens with zero attached hydrogens (tertiary/aromatic N) is 5. The van der Waals surface area contributed by atoms with Gasteiger partial charge in [-0.2, -0.15) is 0 Å². The number of carboxylic acids is 2. The van der Waals surface area contributed by atoms with Crippen molar-refractivity contribution in [1.82, 2.24) is 35.9 Å². The maximum Gasteiger partial charge on any atom is 0.350 e. The molecule has 0 aliphatic carbocycles. The van der Waals surface area contributed by atoms with Crippen LogP contribution in [-0.4, -0.2) is 136 Å². The Bertz CT molecular complexity index is 1910. The standard InChI is InChI=1S/C28H30ClN9O12S2/c1-27(2,23(45)46)50-35-16(12-9-51-25(30)32-12)20(43)33-17-21(44)36-10-28(24(47)48,52-22(17)36)37-7-8-38(26(37)49)34-14(40)5-6-31-19(42)11-3-4-13(39)18(41)15(11)29/h3-4,9,17,22,39,41H,5-8,10H2,1-2H3,(H2,30,32)(H,31,42)(H,33,43)(H,34,40)(H,45,46)(H,47,48)/b35-16-/t17-,22-,28-/m1/s1. The number of carbonyl (C=O) groups excluding carboxylic acids is 5. The molecule has 0 spiro atoms. The average molecular weight is 784 g/mol. The second-order valence-corrected chi connectivity index (χ2v) is 14.5. The SMILES string of the molecule is CC(C)(O/N=C(\C(=O)N[C@@H]1C(=O)N2C[C@@](C(=O)O)(N3CCN(NC(=O)CCNC(=O)c4ccc(O)c(O)c4Cl)C3=O)S[C@H]12)c1csc(N)n1)C(=O)O. The number of nitrogen functional groups attached to an aromatic ring is 1. The van der Waals surface area contributed by atoms with Crippen LogP contribution in [0.25, 0.3) is 0 Å². The molecule has 21 nitrogen and oxygen atoms in total. The number of rotatable bonds is 13. The van der Waals surface area contributed by atoms with E-state index >= 15 is 0 Å². The minimum absolute atomic E-state index is 0.0571. The summed E-state index contributed by atoms with van der Waals surface area (Å²) in [4.78, 5) is 98.3. The number of urea groups is 1. The average Bonchev–Trinajstić information content (AvgIpc) is 3.78. The van der Waals surface area contributed by atoms with Gasteiger partial charge in [0.2, 0.25) is 22.3 Å².